The molecule has 1 aromatic rings. The van der Waals surface area contributed by atoms with E-state index in [9.17, 15) is 4.79 Å². The van der Waals surface area contributed by atoms with Crippen LogP contribution in [0.2, 0.25) is 0 Å². The molecule has 0 saturated heterocycles. The molecular weight excluding hydrogens is 214 g/mol. The molecule has 1 aromatic carbocycles. The highest BCUT2D eigenvalue weighted by Gasteiger charge is 2.29. The average Bonchev–Trinajstić information content (AvgIpc) is 3.14. The zero-order valence-corrected chi connectivity index (χ0v) is 10.2. The summed E-state index contributed by atoms with van der Waals surface area (Å²) in [6.45, 7) is 2.58. The van der Waals surface area contributed by atoms with Crippen molar-refractivity contribution < 1.29 is 9.53 Å². The average molecular weight is 233 g/mol. The molecule has 2 rings (SSSR count). The Kier molecular flexibility index (Phi) is 3.79. The van der Waals surface area contributed by atoms with E-state index < -0.39 is 0 Å². The molecule has 3 heteroatoms. The highest BCUT2D eigenvalue weighted by atomic mass is 16.5. The molecule has 92 valence electrons. The van der Waals surface area contributed by atoms with E-state index in [0.29, 0.717) is 18.9 Å². The van der Waals surface area contributed by atoms with Crippen LogP contribution in [0.3, 0.4) is 0 Å². The smallest absolute Gasteiger partial charge is 0.164 e. The van der Waals surface area contributed by atoms with Gasteiger partial charge in [0.25, 0.3) is 0 Å². The van der Waals surface area contributed by atoms with Gasteiger partial charge in [0.05, 0.1) is 6.61 Å². The summed E-state index contributed by atoms with van der Waals surface area (Å²) >= 11 is 0. The van der Waals surface area contributed by atoms with Crippen LogP contribution >= 0.6 is 0 Å². The van der Waals surface area contributed by atoms with E-state index in [2.05, 4.69) is 0 Å². The molecule has 1 fully saturated rings. The summed E-state index contributed by atoms with van der Waals surface area (Å²) < 4.78 is 5.33. The molecule has 0 bridgehead atoms. The van der Waals surface area contributed by atoms with Gasteiger partial charge in [-0.05, 0) is 49.9 Å². The van der Waals surface area contributed by atoms with Gasteiger partial charge in [-0.3, -0.25) is 4.79 Å². The van der Waals surface area contributed by atoms with Gasteiger partial charge in [0, 0.05) is 18.0 Å². The Balaban J connectivity index is 1.93. The van der Waals surface area contributed by atoms with Crippen LogP contribution in [0.4, 0.5) is 0 Å². The fourth-order valence-corrected chi connectivity index (χ4v) is 1.93. The van der Waals surface area contributed by atoms with Crippen molar-refractivity contribution in [1.29, 1.82) is 0 Å². The number of ketones is 1. The van der Waals surface area contributed by atoms with Crippen molar-refractivity contribution >= 4 is 5.78 Å². The van der Waals surface area contributed by atoms with E-state index in [-0.39, 0.29) is 11.8 Å². The summed E-state index contributed by atoms with van der Waals surface area (Å²) in [6.07, 6.45) is 2.81. The lowest BCUT2D eigenvalue weighted by molar-refractivity contribution is 0.0971. The maximum absolute atomic E-state index is 11.9. The number of hydrogen-bond acceptors (Lipinski definition) is 3. The SMILES string of the molecule is CCOc1ccc(C(=O)CC(N)C2CC2)cc1. The molecule has 17 heavy (non-hydrogen) atoms. The van der Waals surface area contributed by atoms with Gasteiger partial charge in [0.2, 0.25) is 0 Å². The highest BCUT2D eigenvalue weighted by molar-refractivity contribution is 5.96. The molecule has 1 unspecified atom stereocenters. The van der Waals surface area contributed by atoms with Crippen molar-refractivity contribution in [1.82, 2.24) is 0 Å². The molecule has 1 aliphatic rings. The second kappa shape index (κ2) is 5.32. The summed E-state index contributed by atoms with van der Waals surface area (Å²) in [6, 6.07) is 7.33. The van der Waals surface area contributed by atoms with Crippen LogP contribution in [0.5, 0.6) is 5.75 Å². The quantitative estimate of drug-likeness (QED) is 0.767. The minimum absolute atomic E-state index is 0.0362. The van der Waals surface area contributed by atoms with Crippen molar-refractivity contribution in [2.24, 2.45) is 11.7 Å². The zero-order chi connectivity index (χ0) is 12.3. The van der Waals surface area contributed by atoms with Crippen LogP contribution in [0.25, 0.3) is 0 Å². The van der Waals surface area contributed by atoms with Crippen molar-refractivity contribution in [3.63, 3.8) is 0 Å². The monoisotopic (exact) mass is 233 g/mol. The predicted octanol–water partition coefficient (Wildman–Crippen LogP) is 2.40. The standard InChI is InChI=1S/C14H19NO2/c1-2-17-12-7-5-11(6-8-12)14(16)9-13(15)10-3-4-10/h5-8,10,13H,2-4,9,15H2,1H3. The Labute approximate surface area is 102 Å². The third kappa shape index (κ3) is 3.30. The summed E-state index contributed by atoms with van der Waals surface area (Å²) in [5.41, 5.74) is 6.68. The molecule has 2 N–H and O–H groups in total. The predicted molar refractivity (Wildman–Crippen MR) is 67.3 cm³/mol. The van der Waals surface area contributed by atoms with Crippen LogP contribution in [0.1, 0.15) is 36.5 Å². The van der Waals surface area contributed by atoms with Crippen LogP contribution in [0.15, 0.2) is 24.3 Å². The molecule has 1 atom stereocenters. The number of rotatable bonds is 6. The third-order valence-electron chi connectivity index (χ3n) is 3.14. The first kappa shape index (κ1) is 12.1. The van der Waals surface area contributed by atoms with E-state index >= 15 is 0 Å². The summed E-state index contributed by atoms with van der Waals surface area (Å²) in [5.74, 6) is 1.50. The van der Waals surface area contributed by atoms with E-state index in [1.807, 2.05) is 31.2 Å². The van der Waals surface area contributed by atoms with E-state index in [0.717, 1.165) is 11.3 Å². The lowest BCUT2D eigenvalue weighted by atomic mass is 10.0. The maximum Gasteiger partial charge on any atom is 0.164 e. The van der Waals surface area contributed by atoms with Crippen molar-refractivity contribution in [2.45, 2.75) is 32.2 Å². The molecule has 3 nitrogen and oxygen atoms in total. The molecule has 0 radical (unpaired) electrons. The van der Waals surface area contributed by atoms with Crippen LogP contribution in [0, 0.1) is 5.92 Å². The number of carbonyl (C=O) groups is 1. The van der Waals surface area contributed by atoms with E-state index in [4.69, 9.17) is 10.5 Å². The largest absolute Gasteiger partial charge is 0.494 e. The van der Waals surface area contributed by atoms with E-state index in [1.165, 1.54) is 12.8 Å². The lowest BCUT2D eigenvalue weighted by Gasteiger charge is -2.09. The third-order valence-corrected chi connectivity index (χ3v) is 3.14. The first-order chi connectivity index (χ1) is 8.20. The van der Waals surface area contributed by atoms with Crippen LogP contribution in [-0.4, -0.2) is 18.4 Å². The molecule has 1 aliphatic carbocycles. The molecule has 0 amide bonds. The van der Waals surface area contributed by atoms with Gasteiger partial charge in [0.1, 0.15) is 5.75 Å². The first-order valence-corrected chi connectivity index (χ1v) is 6.22. The summed E-state index contributed by atoms with van der Waals surface area (Å²) in [7, 11) is 0. The molecule has 0 spiro atoms. The van der Waals surface area contributed by atoms with Crippen molar-refractivity contribution in [2.75, 3.05) is 6.61 Å². The van der Waals surface area contributed by atoms with Gasteiger partial charge >= 0.3 is 0 Å². The van der Waals surface area contributed by atoms with Gasteiger partial charge in [0.15, 0.2) is 5.78 Å². The molecule has 0 aromatic heterocycles. The fourth-order valence-electron chi connectivity index (χ4n) is 1.93. The van der Waals surface area contributed by atoms with Crippen molar-refractivity contribution in [3.8, 4) is 5.75 Å². The van der Waals surface area contributed by atoms with Gasteiger partial charge in [-0.2, -0.15) is 0 Å². The van der Waals surface area contributed by atoms with Crippen LogP contribution < -0.4 is 10.5 Å². The Morgan fingerprint density at radius 2 is 2.06 bits per heavy atom. The van der Waals surface area contributed by atoms with Gasteiger partial charge in [-0.15, -0.1) is 0 Å². The summed E-state index contributed by atoms with van der Waals surface area (Å²) in [5, 5.41) is 0. The van der Waals surface area contributed by atoms with Gasteiger partial charge in [-0.1, -0.05) is 0 Å². The zero-order valence-electron chi connectivity index (χ0n) is 10.2. The number of Topliss-reactive ketones (excluding diaryl/α,β-unsaturated/α-hetero) is 1. The first-order valence-electron chi connectivity index (χ1n) is 6.22. The molecule has 0 aliphatic heterocycles. The molecular formula is C14H19NO2. The second-order valence-electron chi connectivity index (χ2n) is 4.59. The Morgan fingerprint density at radius 3 is 2.59 bits per heavy atom. The number of benzene rings is 1. The van der Waals surface area contributed by atoms with Gasteiger partial charge < -0.3 is 10.5 Å². The van der Waals surface area contributed by atoms with Gasteiger partial charge in [-0.25, -0.2) is 0 Å². The maximum atomic E-state index is 11.9. The topological polar surface area (TPSA) is 52.3 Å². The van der Waals surface area contributed by atoms with Crippen molar-refractivity contribution in [3.05, 3.63) is 29.8 Å². The minimum atomic E-state index is 0.0362. The molecule has 0 heterocycles. The Morgan fingerprint density at radius 1 is 1.41 bits per heavy atom. The number of nitrogens with two attached hydrogens (primary N) is 1. The number of hydrogen-bond donors (Lipinski definition) is 1. The lowest BCUT2D eigenvalue weighted by Crippen LogP contribution is -2.25. The highest BCUT2D eigenvalue weighted by Crippen LogP contribution is 2.33. The fraction of sp³-hybridized carbons (Fsp3) is 0.500. The normalized spacial score (nSPS) is 16.6. The number of carbonyl (C=O) groups excluding carboxylic acids is 1. The van der Waals surface area contributed by atoms with E-state index in [1.54, 1.807) is 0 Å². The second-order valence-corrected chi connectivity index (χ2v) is 4.59. The summed E-state index contributed by atoms with van der Waals surface area (Å²) in [4.78, 5) is 11.9. The number of ether oxygens (including phenoxy) is 1. The Bertz CT molecular complexity index is 382. The van der Waals surface area contributed by atoms with Crippen LogP contribution in [-0.2, 0) is 0 Å². The minimum Gasteiger partial charge on any atom is -0.494 e. The molecule has 1 saturated carbocycles. The Hall–Kier alpha value is -1.35.